The molecule has 2 rings (SSSR count). The third-order valence-electron chi connectivity index (χ3n) is 3.69. The molecule has 152 valence electrons. The van der Waals surface area contributed by atoms with Crippen LogP contribution in [0, 0.1) is 6.92 Å². The molecular formula is C20H22N4O5. The van der Waals surface area contributed by atoms with E-state index in [2.05, 4.69) is 21.2 Å². The molecular weight excluding hydrogens is 376 g/mol. The van der Waals surface area contributed by atoms with Crippen LogP contribution in [-0.4, -0.2) is 44.7 Å². The molecule has 9 nitrogen and oxygen atoms in total. The average Bonchev–Trinajstić information content (AvgIpc) is 2.73. The maximum atomic E-state index is 12.1. The second kappa shape index (κ2) is 10.5. The molecule has 2 aromatic carbocycles. The lowest BCUT2D eigenvalue weighted by molar-refractivity contribution is -0.138. The first-order chi connectivity index (χ1) is 13.9. The minimum atomic E-state index is -0.879. The van der Waals surface area contributed by atoms with E-state index in [0.29, 0.717) is 22.7 Å². The number of amides is 3. The quantitative estimate of drug-likeness (QED) is 0.368. The van der Waals surface area contributed by atoms with Crippen molar-refractivity contribution in [2.45, 2.75) is 6.92 Å². The number of nitrogens with zero attached hydrogens (tertiary/aromatic N) is 1. The van der Waals surface area contributed by atoms with Gasteiger partial charge in [-0.2, -0.15) is 5.10 Å². The minimum Gasteiger partial charge on any atom is -0.493 e. The van der Waals surface area contributed by atoms with E-state index in [0.717, 1.165) is 5.56 Å². The summed E-state index contributed by atoms with van der Waals surface area (Å²) in [6.07, 6.45) is 1.34. The lowest BCUT2D eigenvalue weighted by Gasteiger charge is -2.11. The number of nitrogens with one attached hydrogen (secondary N) is 3. The molecule has 3 amide bonds. The Labute approximate surface area is 168 Å². The maximum Gasteiger partial charge on any atom is 0.329 e. The first kappa shape index (κ1) is 21.4. The fourth-order valence-electron chi connectivity index (χ4n) is 2.19. The van der Waals surface area contributed by atoms with Crippen LogP contribution in [0.3, 0.4) is 0 Å². The number of methoxy groups -OCH3 is 1. The highest BCUT2D eigenvalue weighted by molar-refractivity contribution is 6.35. The van der Waals surface area contributed by atoms with Crippen LogP contribution in [0.1, 0.15) is 11.1 Å². The largest absolute Gasteiger partial charge is 0.493 e. The van der Waals surface area contributed by atoms with Gasteiger partial charge in [0.05, 0.1) is 13.3 Å². The van der Waals surface area contributed by atoms with Crippen LogP contribution in [-0.2, 0) is 14.4 Å². The average molecular weight is 398 g/mol. The molecule has 0 atom stereocenters. The first-order valence-corrected chi connectivity index (χ1v) is 8.65. The highest BCUT2D eigenvalue weighted by Gasteiger charge is 2.10. The van der Waals surface area contributed by atoms with Gasteiger partial charge in [-0.1, -0.05) is 17.7 Å². The van der Waals surface area contributed by atoms with E-state index in [9.17, 15) is 14.4 Å². The zero-order chi connectivity index (χ0) is 21.2. The van der Waals surface area contributed by atoms with Gasteiger partial charge in [-0.05, 0) is 42.8 Å². The van der Waals surface area contributed by atoms with E-state index in [4.69, 9.17) is 9.47 Å². The third kappa shape index (κ3) is 6.65. The topological polar surface area (TPSA) is 118 Å². The standard InChI is InChI=1S/C20H22N4O5/c1-13-4-7-15(8-5-13)23-18(25)12-29-16-9-6-14(10-17(16)28-3)11-22-24-20(27)19(26)21-2/h4-11H,12H2,1-3H3,(H,21,26)(H,23,25)(H,24,27)/b22-11-. The predicted molar refractivity (Wildman–Crippen MR) is 108 cm³/mol. The van der Waals surface area contributed by atoms with Crippen LogP contribution in [0.5, 0.6) is 11.5 Å². The van der Waals surface area contributed by atoms with Crippen molar-refractivity contribution in [3.63, 3.8) is 0 Å². The van der Waals surface area contributed by atoms with E-state index in [1.54, 1.807) is 18.2 Å². The number of carbonyl (C=O) groups is 3. The number of aryl methyl sites for hydroxylation is 1. The molecule has 29 heavy (non-hydrogen) atoms. The molecule has 0 heterocycles. The second-order valence-electron chi connectivity index (χ2n) is 5.89. The van der Waals surface area contributed by atoms with Gasteiger partial charge in [-0.25, -0.2) is 5.43 Å². The van der Waals surface area contributed by atoms with Crippen molar-refractivity contribution in [2.75, 3.05) is 26.1 Å². The van der Waals surface area contributed by atoms with Crippen molar-refractivity contribution >= 4 is 29.6 Å². The predicted octanol–water partition coefficient (Wildman–Crippen LogP) is 1.22. The van der Waals surface area contributed by atoms with Gasteiger partial charge in [0.15, 0.2) is 18.1 Å². The Morgan fingerprint density at radius 1 is 1.03 bits per heavy atom. The molecule has 0 aromatic heterocycles. The third-order valence-corrected chi connectivity index (χ3v) is 3.69. The van der Waals surface area contributed by atoms with E-state index in [1.165, 1.54) is 20.4 Å². The van der Waals surface area contributed by atoms with E-state index in [-0.39, 0.29) is 12.5 Å². The number of hydrazone groups is 1. The molecule has 0 radical (unpaired) electrons. The first-order valence-electron chi connectivity index (χ1n) is 8.65. The van der Waals surface area contributed by atoms with Gasteiger partial charge in [-0.3, -0.25) is 14.4 Å². The summed E-state index contributed by atoms with van der Waals surface area (Å²) in [5.41, 5.74) is 4.47. The summed E-state index contributed by atoms with van der Waals surface area (Å²) >= 11 is 0. The molecule has 0 aliphatic carbocycles. The van der Waals surface area contributed by atoms with Crippen LogP contribution >= 0.6 is 0 Å². The van der Waals surface area contributed by atoms with Crippen LogP contribution in [0.25, 0.3) is 0 Å². The van der Waals surface area contributed by atoms with Gasteiger partial charge in [0.1, 0.15) is 0 Å². The molecule has 0 saturated heterocycles. The Kier molecular flexibility index (Phi) is 7.72. The molecule has 0 saturated carbocycles. The maximum absolute atomic E-state index is 12.1. The van der Waals surface area contributed by atoms with Crippen LogP contribution in [0.15, 0.2) is 47.6 Å². The normalized spacial score (nSPS) is 10.3. The Balaban J connectivity index is 1.94. The van der Waals surface area contributed by atoms with Gasteiger partial charge in [0.25, 0.3) is 5.91 Å². The summed E-state index contributed by atoms with van der Waals surface area (Å²) in [7, 11) is 2.80. The minimum absolute atomic E-state index is 0.195. The van der Waals surface area contributed by atoms with Gasteiger partial charge in [0.2, 0.25) is 0 Å². The molecule has 3 N–H and O–H groups in total. The van der Waals surface area contributed by atoms with E-state index in [1.807, 2.05) is 31.2 Å². The Bertz CT molecular complexity index is 910. The van der Waals surface area contributed by atoms with Crippen molar-refractivity contribution in [3.05, 3.63) is 53.6 Å². The summed E-state index contributed by atoms with van der Waals surface area (Å²) in [6.45, 7) is 1.77. The van der Waals surface area contributed by atoms with Crippen molar-refractivity contribution in [3.8, 4) is 11.5 Å². The highest BCUT2D eigenvalue weighted by Crippen LogP contribution is 2.27. The van der Waals surface area contributed by atoms with Crippen LogP contribution < -0.4 is 25.5 Å². The van der Waals surface area contributed by atoms with Crippen LogP contribution in [0.4, 0.5) is 5.69 Å². The zero-order valence-corrected chi connectivity index (χ0v) is 16.3. The van der Waals surface area contributed by atoms with Gasteiger partial charge < -0.3 is 20.1 Å². The number of likely N-dealkylation sites (N-methyl/N-ethyl adjacent to an activating group) is 1. The summed E-state index contributed by atoms with van der Waals surface area (Å²) < 4.78 is 10.8. The van der Waals surface area contributed by atoms with Crippen LogP contribution in [0.2, 0.25) is 0 Å². The number of hydrogen-bond donors (Lipinski definition) is 3. The lowest BCUT2D eigenvalue weighted by atomic mass is 10.2. The van der Waals surface area contributed by atoms with Crippen molar-refractivity contribution in [2.24, 2.45) is 5.10 Å². The molecule has 0 aliphatic rings. The molecule has 0 unspecified atom stereocenters. The zero-order valence-electron chi connectivity index (χ0n) is 16.3. The van der Waals surface area contributed by atoms with Gasteiger partial charge >= 0.3 is 11.8 Å². The molecule has 0 bridgehead atoms. The fraction of sp³-hybridized carbons (Fsp3) is 0.200. The summed E-state index contributed by atoms with van der Waals surface area (Å²) in [6, 6.07) is 12.3. The SMILES string of the molecule is CNC(=O)C(=O)N/N=C\c1ccc(OCC(=O)Nc2ccc(C)cc2)c(OC)c1. The number of carbonyl (C=O) groups excluding carboxylic acids is 3. The summed E-state index contributed by atoms with van der Waals surface area (Å²) in [4.78, 5) is 34.5. The van der Waals surface area contributed by atoms with Gasteiger partial charge in [0, 0.05) is 12.7 Å². The molecule has 2 aromatic rings. The summed E-state index contributed by atoms with van der Waals surface area (Å²) in [5, 5.41) is 8.62. The number of rotatable bonds is 7. The van der Waals surface area contributed by atoms with Gasteiger partial charge in [-0.15, -0.1) is 0 Å². The smallest absolute Gasteiger partial charge is 0.329 e. The lowest BCUT2D eigenvalue weighted by Crippen LogP contribution is -2.35. The number of benzene rings is 2. The Hall–Kier alpha value is -3.88. The van der Waals surface area contributed by atoms with Crippen molar-refractivity contribution in [1.29, 1.82) is 0 Å². The molecule has 0 aliphatic heterocycles. The highest BCUT2D eigenvalue weighted by atomic mass is 16.5. The van der Waals surface area contributed by atoms with Crippen molar-refractivity contribution in [1.82, 2.24) is 10.7 Å². The monoisotopic (exact) mass is 398 g/mol. The fourth-order valence-corrected chi connectivity index (χ4v) is 2.19. The Morgan fingerprint density at radius 2 is 1.76 bits per heavy atom. The second-order valence-corrected chi connectivity index (χ2v) is 5.89. The Morgan fingerprint density at radius 3 is 2.41 bits per heavy atom. The van der Waals surface area contributed by atoms with E-state index < -0.39 is 11.8 Å². The number of ether oxygens (including phenoxy) is 2. The molecule has 0 spiro atoms. The van der Waals surface area contributed by atoms with Crippen molar-refractivity contribution < 1.29 is 23.9 Å². The van der Waals surface area contributed by atoms with E-state index >= 15 is 0 Å². The summed E-state index contributed by atoms with van der Waals surface area (Å²) in [5.74, 6) is -1.23. The molecule has 9 heteroatoms. The number of anilines is 1. The molecule has 0 fully saturated rings. The number of hydrogen-bond acceptors (Lipinski definition) is 6.